The average molecular weight is 241 g/mol. The highest BCUT2D eigenvalue weighted by molar-refractivity contribution is 5.39. The Labute approximate surface area is 108 Å². The van der Waals surface area contributed by atoms with Crippen molar-refractivity contribution in [1.29, 1.82) is 0 Å². The highest BCUT2D eigenvalue weighted by atomic mass is 15.1. The van der Waals surface area contributed by atoms with Crippen LogP contribution in [-0.2, 0) is 0 Å². The summed E-state index contributed by atoms with van der Waals surface area (Å²) < 4.78 is 0. The van der Waals surface area contributed by atoms with Gasteiger partial charge in [0, 0.05) is 6.20 Å². The minimum Gasteiger partial charge on any atom is -0.306 e. The molecule has 0 saturated heterocycles. The van der Waals surface area contributed by atoms with Crippen LogP contribution in [0.25, 0.3) is 0 Å². The molecule has 0 saturated carbocycles. The predicted molar refractivity (Wildman–Crippen MR) is 73.5 cm³/mol. The van der Waals surface area contributed by atoms with E-state index < -0.39 is 0 Å². The van der Waals surface area contributed by atoms with E-state index in [-0.39, 0.29) is 6.04 Å². The Morgan fingerprint density at radius 1 is 1.17 bits per heavy atom. The number of hydrogen-bond acceptors (Lipinski definition) is 3. The molecule has 1 heterocycles. The van der Waals surface area contributed by atoms with Crippen molar-refractivity contribution in [1.82, 2.24) is 15.5 Å². The van der Waals surface area contributed by atoms with Gasteiger partial charge in [-0.3, -0.25) is 0 Å². The number of hydrogen-bond donors (Lipinski definition) is 1. The molecule has 1 unspecified atom stereocenters. The molecule has 2 aromatic rings. The summed E-state index contributed by atoms with van der Waals surface area (Å²) in [4.78, 5) is 0. The van der Waals surface area contributed by atoms with Gasteiger partial charge in [0.05, 0.1) is 12.2 Å². The topological polar surface area (TPSA) is 37.8 Å². The Kier molecular flexibility index (Phi) is 4.05. The summed E-state index contributed by atoms with van der Waals surface area (Å²) in [5.41, 5.74) is 5.11. The molecule has 0 aliphatic carbocycles. The Bertz CT molecular complexity index is 508. The predicted octanol–water partition coefficient (Wildman–Crippen LogP) is 2.79. The van der Waals surface area contributed by atoms with E-state index in [2.05, 4.69) is 54.5 Å². The van der Waals surface area contributed by atoms with Gasteiger partial charge in [-0.25, -0.2) is 0 Å². The molecule has 1 aromatic carbocycles. The Balaban J connectivity index is 2.45. The smallest absolute Gasteiger partial charge is 0.0595 e. The standard InChI is InChI=1S/C15H19N3/c1-4-16-15(13-8-9-17-18-10-13)14-7-5-6-11(2)12(14)3/h5-10,15-16H,4H2,1-3H3. The van der Waals surface area contributed by atoms with Crippen LogP contribution in [0, 0.1) is 13.8 Å². The first-order valence-electron chi connectivity index (χ1n) is 6.30. The number of aryl methyl sites for hydroxylation is 1. The molecule has 3 heteroatoms. The van der Waals surface area contributed by atoms with E-state index in [1.165, 1.54) is 16.7 Å². The van der Waals surface area contributed by atoms with Crippen molar-refractivity contribution >= 4 is 0 Å². The molecule has 0 aliphatic rings. The first-order valence-corrected chi connectivity index (χ1v) is 6.30. The summed E-state index contributed by atoms with van der Waals surface area (Å²) >= 11 is 0. The fourth-order valence-corrected chi connectivity index (χ4v) is 2.17. The fraction of sp³-hybridized carbons (Fsp3) is 0.333. The van der Waals surface area contributed by atoms with Gasteiger partial charge in [-0.1, -0.05) is 25.1 Å². The average Bonchev–Trinajstić information content (AvgIpc) is 2.41. The van der Waals surface area contributed by atoms with Crippen molar-refractivity contribution in [3.63, 3.8) is 0 Å². The molecule has 0 fully saturated rings. The van der Waals surface area contributed by atoms with Crippen LogP contribution < -0.4 is 5.32 Å². The third-order valence-corrected chi connectivity index (χ3v) is 3.31. The number of benzene rings is 1. The van der Waals surface area contributed by atoms with Crippen molar-refractivity contribution in [2.75, 3.05) is 6.54 Å². The summed E-state index contributed by atoms with van der Waals surface area (Å²) in [5, 5.41) is 11.3. The van der Waals surface area contributed by atoms with Crippen LogP contribution in [0.2, 0.25) is 0 Å². The van der Waals surface area contributed by atoms with E-state index in [9.17, 15) is 0 Å². The summed E-state index contributed by atoms with van der Waals surface area (Å²) in [5.74, 6) is 0. The van der Waals surface area contributed by atoms with Crippen molar-refractivity contribution < 1.29 is 0 Å². The highest BCUT2D eigenvalue weighted by Gasteiger charge is 2.15. The normalized spacial score (nSPS) is 12.4. The number of nitrogens with one attached hydrogen (secondary N) is 1. The zero-order valence-electron chi connectivity index (χ0n) is 11.1. The van der Waals surface area contributed by atoms with E-state index >= 15 is 0 Å². The largest absolute Gasteiger partial charge is 0.306 e. The monoisotopic (exact) mass is 241 g/mol. The van der Waals surface area contributed by atoms with Gasteiger partial charge >= 0.3 is 0 Å². The van der Waals surface area contributed by atoms with Crippen molar-refractivity contribution in [3.05, 3.63) is 58.9 Å². The molecule has 0 spiro atoms. The summed E-state index contributed by atoms with van der Waals surface area (Å²) in [7, 11) is 0. The van der Waals surface area contributed by atoms with Gasteiger partial charge in [-0.05, 0) is 48.7 Å². The molecule has 1 aromatic heterocycles. The van der Waals surface area contributed by atoms with Gasteiger partial charge in [0.15, 0.2) is 0 Å². The lowest BCUT2D eigenvalue weighted by Crippen LogP contribution is -2.23. The maximum atomic E-state index is 3.98. The van der Waals surface area contributed by atoms with Crippen LogP contribution in [0.1, 0.15) is 35.2 Å². The van der Waals surface area contributed by atoms with E-state index in [1.807, 2.05) is 12.3 Å². The lowest BCUT2D eigenvalue weighted by atomic mass is 9.93. The lowest BCUT2D eigenvalue weighted by molar-refractivity contribution is 0.623. The number of aromatic nitrogens is 2. The first-order chi connectivity index (χ1) is 8.74. The third-order valence-electron chi connectivity index (χ3n) is 3.31. The van der Waals surface area contributed by atoms with E-state index in [1.54, 1.807) is 6.20 Å². The van der Waals surface area contributed by atoms with Gasteiger partial charge in [-0.2, -0.15) is 10.2 Å². The van der Waals surface area contributed by atoms with Crippen LogP contribution in [0.5, 0.6) is 0 Å². The summed E-state index contributed by atoms with van der Waals surface area (Å²) in [6.45, 7) is 7.35. The Morgan fingerprint density at radius 3 is 2.67 bits per heavy atom. The highest BCUT2D eigenvalue weighted by Crippen LogP contribution is 2.25. The molecule has 0 aliphatic heterocycles. The van der Waals surface area contributed by atoms with Gasteiger partial charge in [0.25, 0.3) is 0 Å². The van der Waals surface area contributed by atoms with Gasteiger partial charge in [0.1, 0.15) is 0 Å². The molecular formula is C15H19N3. The second-order valence-corrected chi connectivity index (χ2v) is 4.46. The van der Waals surface area contributed by atoms with E-state index in [0.717, 1.165) is 12.1 Å². The van der Waals surface area contributed by atoms with Crippen molar-refractivity contribution in [3.8, 4) is 0 Å². The molecule has 0 bridgehead atoms. The minimum atomic E-state index is 0.186. The van der Waals surface area contributed by atoms with Gasteiger partial charge in [-0.15, -0.1) is 0 Å². The van der Waals surface area contributed by atoms with Crippen LogP contribution in [0.15, 0.2) is 36.7 Å². The van der Waals surface area contributed by atoms with Crippen LogP contribution in [-0.4, -0.2) is 16.7 Å². The fourth-order valence-electron chi connectivity index (χ4n) is 2.17. The van der Waals surface area contributed by atoms with Gasteiger partial charge in [0.2, 0.25) is 0 Å². The van der Waals surface area contributed by atoms with Crippen molar-refractivity contribution in [2.45, 2.75) is 26.8 Å². The Hall–Kier alpha value is -1.74. The molecule has 18 heavy (non-hydrogen) atoms. The van der Waals surface area contributed by atoms with Gasteiger partial charge < -0.3 is 5.32 Å². The first kappa shape index (κ1) is 12.7. The summed E-state index contributed by atoms with van der Waals surface area (Å²) in [6, 6.07) is 8.63. The van der Waals surface area contributed by atoms with E-state index in [4.69, 9.17) is 0 Å². The molecule has 1 atom stereocenters. The Morgan fingerprint density at radius 2 is 2.00 bits per heavy atom. The second-order valence-electron chi connectivity index (χ2n) is 4.46. The van der Waals surface area contributed by atoms with Crippen LogP contribution in [0.4, 0.5) is 0 Å². The SMILES string of the molecule is CCNC(c1ccnnc1)c1cccc(C)c1C. The molecule has 0 radical (unpaired) electrons. The maximum absolute atomic E-state index is 3.98. The molecule has 0 amide bonds. The zero-order valence-corrected chi connectivity index (χ0v) is 11.1. The quantitative estimate of drug-likeness (QED) is 0.894. The molecule has 2 rings (SSSR count). The number of rotatable bonds is 4. The lowest BCUT2D eigenvalue weighted by Gasteiger charge is -2.21. The molecule has 1 N–H and O–H groups in total. The molecular weight excluding hydrogens is 222 g/mol. The van der Waals surface area contributed by atoms with Crippen LogP contribution in [0.3, 0.4) is 0 Å². The van der Waals surface area contributed by atoms with Crippen LogP contribution >= 0.6 is 0 Å². The zero-order chi connectivity index (χ0) is 13.0. The minimum absolute atomic E-state index is 0.186. The number of nitrogens with zero attached hydrogens (tertiary/aromatic N) is 2. The summed E-state index contributed by atoms with van der Waals surface area (Å²) in [6.07, 6.45) is 3.57. The third kappa shape index (κ3) is 2.57. The second kappa shape index (κ2) is 5.74. The maximum Gasteiger partial charge on any atom is 0.0595 e. The van der Waals surface area contributed by atoms with Crippen molar-refractivity contribution in [2.24, 2.45) is 0 Å². The molecule has 94 valence electrons. The molecule has 3 nitrogen and oxygen atoms in total. The van der Waals surface area contributed by atoms with E-state index in [0.29, 0.717) is 0 Å².